The van der Waals surface area contributed by atoms with Crippen LogP contribution in [-0.4, -0.2) is 43.4 Å². The van der Waals surface area contributed by atoms with Gasteiger partial charge in [0.1, 0.15) is 18.2 Å². The highest BCUT2D eigenvalue weighted by Crippen LogP contribution is 2.36. The summed E-state index contributed by atoms with van der Waals surface area (Å²) in [6, 6.07) is 15.7. The normalized spacial score (nSPS) is 14.2. The van der Waals surface area contributed by atoms with Crippen LogP contribution in [0.1, 0.15) is 43.5 Å². The monoisotopic (exact) mass is 738 g/mol. The molecule has 0 radical (unpaired) electrons. The number of rotatable bonds is 12. The second-order valence-corrected chi connectivity index (χ2v) is 12.3. The molecule has 0 saturated carbocycles. The average molecular weight is 740 g/mol. The molecule has 0 saturated heterocycles. The van der Waals surface area contributed by atoms with E-state index in [2.05, 4.69) is 25.7 Å². The summed E-state index contributed by atoms with van der Waals surface area (Å²) >= 11 is 4.64. The van der Waals surface area contributed by atoms with Gasteiger partial charge in [-0.15, -0.1) is 0 Å². The van der Waals surface area contributed by atoms with Crippen molar-refractivity contribution in [3.63, 3.8) is 0 Å². The van der Waals surface area contributed by atoms with Crippen molar-refractivity contribution in [2.24, 2.45) is 4.99 Å². The number of carbonyl (C=O) groups excluding carboxylic acids is 2. The number of carbonyl (C=O) groups is 2. The van der Waals surface area contributed by atoms with Gasteiger partial charge in [-0.1, -0.05) is 51.5 Å². The minimum Gasteiger partial charge on any atom is -0.490 e. The Bertz CT molecular complexity index is 2070. The number of aromatic nitrogens is 1. The van der Waals surface area contributed by atoms with Gasteiger partial charge in [-0.25, -0.2) is 19.0 Å². The molecule has 0 amide bonds. The fourth-order valence-corrected chi connectivity index (χ4v) is 6.48. The van der Waals surface area contributed by atoms with Gasteiger partial charge >= 0.3 is 11.9 Å². The Morgan fingerprint density at radius 2 is 1.77 bits per heavy atom. The fraction of sp³-hybridized carbons (Fsp3) is 0.257. The summed E-state index contributed by atoms with van der Waals surface area (Å²) in [4.78, 5) is 44.4. The van der Waals surface area contributed by atoms with Crippen molar-refractivity contribution in [1.82, 2.24) is 4.57 Å². The Morgan fingerprint density at radius 3 is 2.50 bits per heavy atom. The van der Waals surface area contributed by atoms with E-state index in [1.54, 1.807) is 81.4 Å². The molecule has 0 spiro atoms. The Morgan fingerprint density at radius 1 is 1.00 bits per heavy atom. The highest BCUT2D eigenvalue weighted by atomic mass is 79.9. The Kier molecular flexibility index (Phi) is 11.1. The summed E-state index contributed by atoms with van der Waals surface area (Å²) in [6.45, 7) is 5.24. The molecule has 4 aromatic rings. The quantitative estimate of drug-likeness (QED) is 0.182. The van der Waals surface area contributed by atoms with Gasteiger partial charge in [0.25, 0.3) is 5.56 Å². The van der Waals surface area contributed by atoms with Crippen molar-refractivity contribution in [2.75, 3.05) is 26.9 Å². The smallest absolute Gasteiger partial charge is 0.343 e. The van der Waals surface area contributed by atoms with Crippen LogP contribution in [-0.2, 0) is 25.7 Å². The molecule has 13 heteroatoms. The van der Waals surface area contributed by atoms with Gasteiger partial charge in [-0.05, 0) is 68.8 Å². The maximum Gasteiger partial charge on any atom is 0.343 e. The first-order valence-corrected chi connectivity index (χ1v) is 16.6. The number of esters is 2. The van der Waals surface area contributed by atoms with Crippen molar-refractivity contribution in [2.45, 2.75) is 33.4 Å². The molecule has 0 aliphatic carbocycles. The Labute approximate surface area is 287 Å². The highest BCUT2D eigenvalue weighted by Gasteiger charge is 2.34. The summed E-state index contributed by atoms with van der Waals surface area (Å²) in [5.41, 5.74) is 1.69. The summed E-state index contributed by atoms with van der Waals surface area (Å²) in [7, 11) is 1.26. The lowest BCUT2D eigenvalue weighted by Crippen LogP contribution is -2.40. The number of fused-ring (bicyclic) bond motifs is 1. The predicted octanol–water partition coefficient (Wildman–Crippen LogP) is 5.23. The van der Waals surface area contributed by atoms with E-state index < -0.39 is 23.5 Å². The van der Waals surface area contributed by atoms with Gasteiger partial charge in [0.2, 0.25) is 0 Å². The van der Waals surface area contributed by atoms with E-state index in [0.29, 0.717) is 43.2 Å². The molecule has 1 aromatic heterocycles. The topological polar surface area (TPSA) is 115 Å². The third kappa shape index (κ3) is 7.52. The van der Waals surface area contributed by atoms with Crippen LogP contribution in [0.2, 0.25) is 0 Å². The van der Waals surface area contributed by atoms with Crippen LogP contribution in [0.25, 0.3) is 6.08 Å². The number of hydrogen-bond acceptors (Lipinski definition) is 10. The van der Waals surface area contributed by atoms with Crippen molar-refractivity contribution in [3.05, 3.63) is 119 Å². The molecule has 250 valence electrons. The van der Waals surface area contributed by atoms with Crippen molar-refractivity contribution in [3.8, 4) is 17.2 Å². The minimum absolute atomic E-state index is 0.0139. The summed E-state index contributed by atoms with van der Waals surface area (Å²) in [6.07, 6.45) is 1.68. The zero-order chi connectivity index (χ0) is 34.4. The fourth-order valence-electron chi connectivity index (χ4n) is 5.06. The van der Waals surface area contributed by atoms with E-state index in [0.717, 1.165) is 15.8 Å². The molecular formula is C35H32BrFN2O8S. The number of ether oxygens (including phenoxy) is 5. The lowest BCUT2D eigenvalue weighted by molar-refractivity contribution is -0.143. The highest BCUT2D eigenvalue weighted by molar-refractivity contribution is 9.10. The van der Waals surface area contributed by atoms with Gasteiger partial charge < -0.3 is 23.7 Å². The van der Waals surface area contributed by atoms with E-state index in [9.17, 15) is 18.8 Å². The Balaban J connectivity index is 1.62. The Hall–Kier alpha value is -4.75. The number of benzene rings is 3. The van der Waals surface area contributed by atoms with Gasteiger partial charge in [0.05, 0.1) is 42.2 Å². The molecule has 3 aromatic carbocycles. The molecule has 1 atom stereocenters. The molecule has 5 rings (SSSR count). The molecule has 48 heavy (non-hydrogen) atoms. The summed E-state index contributed by atoms with van der Waals surface area (Å²) in [5.74, 6) is -0.524. The van der Waals surface area contributed by atoms with Gasteiger partial charge in [0, 0.05) is 15.6 Å². The van der Waals surface area contributed by atoms with E-state index in [1.165, 1.54) is 17.7 Å². The van der Waals surface area contributed by atoms with E-state index >= 15 is 0 Å². The molecule has 0 bridgehead atoms. The number of nitrogens with zero attached hydrogens (tertiary/aromatic N) is 2. The standard InChI is InChI=1S/C35H32BrFN2O8S/c1-5-44-28-16-21(11-13-27(28)47-19-30(40)43-4)32-31(34(42)45-6-2)20(3)38-35-39(32)33(41)29(48-35)17-23-15-24(36)12-14-26(23)46-18-22-9-7-8-10-25(22)37/h7-17,32H,5-6,18-19H2,1-4H3/b29-17-/t32-/m0/s1. The van der Waals surface area contributed by atoms with E-state index in [4.69, 9.17) is 18.9 Å². The van der Waals surface area contributed by atoms with Crippen LogP contribution >= 0.6 is 27.3 Å². The number of halogens is 2. The number of methoxy groups -OCH3 is 1. The van der Waals surface area contributed by atoms with Crippen molar-refractivity contribution < 1.29 is 37.7 Å². The van der Waals surface area contributed by atoms with Crippen molar-refractivity contribution >= 4 is 45.3 Å². The molecule has 0 N–H and O–H groups in total. The zero-order valence-corrected chi connectivity index (χ0v) is 29.0. The molecule has 1 aliphatic rings. The van der Waals surface area contributed by atoms with Crippen LogP contribution < -0.4 is 29.1 Å². The van der Waals surface area contributed by atoms with Crippen LogP contribution in [0.4, 0.5) is 4.39 Å². The van der Waals surface area contributed by atoms with Crippen LogP contribution in [0.3, 0.4) is 0 Å². The summed E-state index contributed by atoms with van der Waals surface area (Å²) in [5, 5.41) is 0. The van der Waals surface area contributed by atoms with E-state index in [1.807, 2.05) is 0 Å². The minimum atomic E-state index is -0.921. The second-order valence-electron chi connectivity index (χ2n) is 10.4. The SMILES string of the molecule is CCOC(=O)C1=C(C)N=c2s/c(=C\c3cc(Br)ccc3OCc3ccccc3F)c(=O)n2[C@H]1c1ccc(OCC(=O)OC)c(OCC)c1. The second kappa shape index (κ2) is 15.4. The first kappa shape index (κ1) is 34.6. The number of hydrogen-bond donors (Lipinski definition) is 0. The van der Waals surface area contributed by atoms with Gasteiger partial charge in [-0.3, -0.25) is 9.36 Å². The maximum absolute atomic E-state index is 14.3. The largest absolute Gasteiger partial charge is 0.490 e. The third-order valence-electron chi connectivity index (χ3n) is 7.27. The summed E-state index contributed by atoms with van der Waals surface area (Å²) < 4.78 is 44.4. The maximum atomic E-state index is 14.3. The number of thiazole rings is 1. The lowest BCUT2D eigenvalue weighted by atomic mass is 9.95. The number of allylic oxidation sites excluding steroid dienone is 1. The first-order valence-electron chi connectivity index (χ1n) is 15.0. The molecule has 2 heterocycles. The van der Waals surface area contributed by atoms with Gasteiger partial charge in [-0.2, -0.15) is 0 Å². The zero-order valence-electron chi connectivity index (χ0n) is 26.6. The van der Waals surface area contributed by atoms with Crippen LogP contribution in [0.15, 0.2) is 86.2 Å². The van der Waals surface area contributed by atoms with Crippen molar-refractivity contribution in [1.29, 1.82) is 0 Å². The molecule has 10 nitrogen and oxygen atoms in total. The predicted molar refractivity (Wildman–Crippen MR) is 180 cm³/mol. The first-order chi connectivity index (χ1) is 23.1. The van der Waals surface area contributed by atoms with Gasteiger partial charge in [0.15, 0.2) is 22.9 Å². The third-order valence-corrected chi connectivity index (χ3v) is 8.75. The molecule has 0 fully saturated rings. The molecule has 0 unspecified atom stereocenters. The van der Waals surface area contributed by atoms with E-state index in [-0.39, 0.29) is 43.6 Å². The van der Waals surface area contributed by atoms with Crippen LogP contribution in [0, 0.1) is 5.82 Å². The average Bonchev–Trinajstić information content (AvgIpc) is 3.37. The molecule has 1 aliphatic heterocycles. The molecular weight excluding hydrogens is 707 g/mol. The lowest BCUT2D eigenvalue weighted by Gasteiger charge is -2.25. The van der Waals surface area contributed by atoms with Crippen LogP contribution in [0.5, 0.6) is 17.2 Å².